The Balaban J connectivity index is 1.54. The number of nitrogens with one attached hydrogen (secondary N) is 1. The Kier molecular flexibility index (Phi) is 8.75. The van der Waals surface area contributed by atoms with Gasteiger partial charge < -0.3 is 24.0 Å². The number of amides is 1. The third kappa shape index (κ3) is 6.20. The van der Waals surface area contributed by atoms with Gasteiger partial charge in [0.05, 0.1) is 31.9 Å². The zero-order valence-corrected chi connectivity index (χ0v) is 22.6. The first kappa shape index (κ1) is 27.3. The Morgan fingerprint density at radius 3 is 2.11 bits per heavy atom. The van der Waals surface area contributed by atoms with Crippen LogP contribution in [-0.4, -0.2) is 72.8 Å². The predicted molar refractivity (Wildman–Crippen MR) is 146 cm³/mol. The van der Waals surface area contributed by atoms with Crippen molar-refractivity contribution < 1.29 is 27.4 Å². The number of ether oxygens (including phenoxy) is 3. The summed E-state index contributed by atoms with van der Waals surface area (Å²) in [5.41, 5.74) is 1.82. The molecule has 1 aliphatic rings. The van der Waals surface area contributed by atoms with E-state index in [1.54, 1.807) is 12.0 Å². The molecule has 0 aromatic heterocycles. The molecule has 1 N–H and O–H groups in total. The molecule has 0 bridgehead atoms. The summed E-state index contributed by atoms with van der Waals surface area (Å²) in [4.78, 5) is 17.6. The van der Waals surface area contributed by atoms with Gasteiger partial charge in [-0.2, -0.15) is 4.72 Å². The number of nitrogens with zero attached hydrogens (tertiary/aromatic N) is 2. The van der Waals surface area contributed by atoms with Crippen LogP contribution in [0, 0.1) is 0 Å². The highest BCUT2D eigenvalue weighted by atomic mass is 32.2. The molecule has 1 fully saturated rings. The highest BCUT2D eigenvalue weighted by Crippen LogP contribution is 2.30. The summed E-state index contributed by atoms with van der Waals surface area (Å²) in [6, 6.07) is 20.5. The Hall–Kier alpha value is -3.76. The molecular formula is C28H33N3O6S. The van der Waals surface area contributed by atoms with Crippen LogP contribution in [0.2, 0.25) is 0 Å². The van der Waals surface area contributed by atoms with Gasteiger partial charge in [0.1, 0.15) is 11.8 Å². The molecule has 1 saturated heterocycles. The van der Waals surface area contributed by atoms with Crippen molar-refractivity contribution in [2.24, 2.45) is 0 Å². The summed E-state index contributed by atoms with van der Waals surface area (Å²) in [7, 11) is 0.510. The summed E-state index contributed by atoms with van der Waals surface area (Å²) >= 11 is 0. The van der Waals surface area contributed by atoms with E-state index < -0.39 is 16.1 Å². The molecule has 4 rings (SSSR count). The molecule has 10 heteroatoms. The fourth-order valence-electron chi connectivity index (χ4n) is 4.55. The lowest BCUT2D eigenvalue weighted by molar-refractivity contribution is -0.133. The average Bonchev–Trinajstić information content (AvgIpc) is 2.96. The lowest BCUT2D eigenvalue weighted by atomic mass is 10.1. The molecule has 0 spiro atoms. The minimum atomic E-state index is -4.04. The summed E-state index contributed by atoms with van der Waals surface area (Å²) in [6.45, 7) is 2.12. The molecule has 3 aromatic rings. The molecule has 38 heavy (non-hydrogen) atoms. The van der Waals surface area contributed by atoms with Crippen molar-refractivity contribution in [3.8, 4) is 17.2 Å². The predicted octanol–water partition coefficient (Wildman–Crippen LogP) is 2.95. The van der Waals surface area contributed by atoms with Gasteiger partial charge in [-0.25, -0.2) is 8.42 Å². The van der Waals surface area contributed by atoms with Gasteiger partial charge in [-0.1, -0.05) is 42.5 Å². The van der Waals surface area contributed by atoms with Gasteiger partial charge in [0.25, 0.3) is 0 Å². The number of sulfonamides is 1. The summed E-state index contributed by atoms with van der Waals surface area (Å²) in [5.74, 6) is 1.21. The van der Waals surface area contributed by atoms with Crippen molar-refractivity contribution in [2.75, 3.05) is 52.4 Å². The zero-order chi connectivity index (χ0) is 27.1. The number of rotatable bonds is 10. The van der Waals surface area contributed by atoms with E-state index in [4.69, 9.17) is 14.2 Å². The van der Waals surface area contributed by atoms with E-state index in [0.717, 1.165) is 17.0 Å². The number of hydrogen-bond donors (Lipinski definition) is 1. The molecular weight excluding hydrogens is 506 g/mol. The fraction of sp³-hybridized carbons (Fsp3) is 0.321. The first-order valence-corrected chi connectivity index (χ1v) is 13.8. The second-order valence-corrected chi connectivity index (χ2v) is 10.6. The highest BCUT2D eigenvalue weighted by Gasteiger charge is 2.32. The third-order valence-electron chi connectivity index (χ3n) is 6.56. The smallest absolute Gasteiger partial charge is 0.241 e. The van der Waals surface area contributed by atoms with Crippen molar-refractivity contribution in [3.05, 3.63) is 78.4 Å². The SMILES string of the molecule is COc1ccc(S(=O)(=O)NC(Cc2ccccc2)C(=O)N2CCN(c3ccccc3OC)CC2)cc1OC. The Morgan fingerprint density at radius 2 is 1.45 bits per heavy atom. The fourth-order valence-corrected chi connectivity index (χ4v) is 5.75. The number of anilines is 1. The number of para-hydroxylation sites is 2. The van der Waals surface area contributed by atoms with E-state index in [1.807, 2.05) is 54.6 Å². The molecule has 0 saturated carbocycles. The number of benzene rings is 3. The summed E-state index contributed by atoms with van der Waals surface area (Å²) in [6.07, 6.45) is 0.221. The van der Waals surface area contributed by atoms with E-state index in [0.29, 0.717) is 31.9 Å². The van der Waals surface area contributed by atoms with Crippen LogP contribution in [0.1, 0.15) is 5.56 Å². The molecule has 202 valence electrons. The van der Waals surface area contributed by atoms with Gasteiger partial charge in [-0.15, -0.1) is 0 Å². The lowest BCUT2D eigenvalue weighted by Crippen LogP contribution is -2.55. The van der Waals surface area contributed by atoms with Crippen LogP contribution in [0.25, 0.3) is 0 Å². The first-order valence-electron chi connectivity index (χ1n) is 12.3. The zero-order valence-electron chi connectivity index (χ0n) is 21.8. The van der Waals surface area contributed by atoms with Gasteiger partial charge in [0.15, 0.2) is 11.5 Å². The van der Waals surface area contributed by atoms with Gasteiger partial charge in [-0.3, -0.25) is 4.79 Å². The van der Waals surface area contributed by atoms with Crippen LogP contribution >= 0.6 is 0 Å². The van der Waals surface area contributed by atoms with Crippen LogP contribution in [0.3, 0.4) is 0 Å². The van der Waals surface area contributed by atoms with Crippen LogP contribution in [0.5, 0.6) is 17.2 Å². The van der Waals surface area contributed by atoms with Crippen molar-refractivity contribution in [2.45, 2.75) is 17.4 Å². The van der Waals surface area contributed by atoms with Crippen molar-refractivity contribution >= 4 is 21.6 Å². The van der Waals surface area contributed by atoms with Crippen LogP contribution in [0.15, 0.2) is 77.7 Å². The molecule has 3 aromatic carbocycles. The number of carbonyl (C=O) groups excluding carboxylic acids is 1. The topological polar surface area (TPSA) is 97.4 Å². The van der Waals surface area contributed by atoms with Crippen LogP contribution in [0.4, 0.5) is 5.69 Å². The van der Waals surface area contributed by atoms with Gasteiger partial charge >= 0.3 is 0 Å². The average molecular weight is 540 g/mol. The highest BCUT2D eigenvalue weighted by molar-refractivity contribution is 7.89. The molecule has 1 atom stereocenters. The minimum Gasteiger partial charge on any atom is -0.495 e. The van der Waals surface area contributed by atoms with Crippen LogP contribution in [-0.2, 0) is 21.2 Å². The van der Waals surface area contributed by atoms with Gasteiger partial charge in [-0.05, 0) is 36.2 Å². The summed E-state index contributed by atoms with van der Waals surface area (Å²) < 4.78 is 45.4. The maximum absolute atomic E-state index is 13.7. The van der Waals surface area contributed by atoms with Crippen molar-refractivity contribution in [1.29, 1.82) is 0 Å². The Bertz CT molecular complexity index is 1340. The van der Waals surface area contributed by atoms with Crippen molar-refractivity contribution in [1.82, 2.24) is 9.62 Å². The largest absolute Gasteiger partial charge is 0.495 e. The van der Waals surface area contributed by atoms with E-state index in [2.05, 4.69) is 9.62 Å². The van der Waals surface area contributed by atoms with E-state index in [1.165, 1.54) is 32.4 Å². The molecule has 1 unspecified atom stereocenters. The molecule has 1 aliphatic heterocycles. The molecule has 0 aliphatic carbocycles. The van der Waals surface area contributed by atoms with Crippen molar-refractivity contribution in [3.63, 3.8) is 0 Å². The van der Waals surface area contributed by atoms with E-state index in [-0.39, 0.29) is 23.0 Å². The molecule has 9 nitrogen and oxygen atoms in total. The number of piperazine rings is 1. The normalized spacial score (nSPS) is 14.6. The monoisotopic (exact) mass is 539 g/mol. The standard InChI is InChI=1S/C28H33N3O6S/c1-35-25-12-8-7-11-24(25)30-15-17-31(18-16-30)28(32)23(19-21-9-5-4-6-10-21)29-38(33,34)22-13-14-26(36-2)27(20-22)37-3/h4-14,20,23,29H,15-19H2,1-3H3. The van der Waals surface area contributed by atoms with Crippen LogP contribution < -0.4 is 23.8 Å². The first-order chi connectivity index (χ1) is 18.4. The summed E-state index contributed by atoms with van der Waals surface area (Å²) in [5, 5.41) is 0. The minimum absolute atomic E-state index is 0.0120. The van der Waals surface area contributed by atoms with E-state index in [9.17, 15) is 13.2 Å². The third-order valence-corrected chi connectivity index (χ3v) is 8.03. The molecule has 1 heterocycles. The Labute approximate surface area is 224 Å². The Morgan fingerprint density at radius 1 is 0.816 bits per heavy atom. The maximum atomic E-state index is 13.7. The lowest BCUT2D eigenvalue weighted by Gasteiger charge is -2.38. The van der Waals surface area contributed by atoms with E-state index >= 15 is 0 Å². The molecule has 1 amide bonds. The number of hydrogen-bond acceptors (Lipinski definition) is 7. The second-order valence-electron chi connectivity index (χ2n) is 8.86. The maximum Gasteiger partial charge on any atom is 0.241 e. The second kappa shape index (κ2) is 12.2. The number of carbonyl (C=O) groups is 1. The quantitative estimate of drug-likeness (QED) is 0.423. The van der Waals surface area contributed by atoms with Gasteiger partial charge in [0.2, 0.25) is 15.9 Å². The van der Waals surface area contributed by atoms with Gasteiger partial charge in [0, 0.05) is 32.2 Å². The number of methoxy groups -OCH3 is 3. The molecule has 0 radical (unpaired) electrons.